The van der Waals surface area contributed by atoms with Crippen LogP contribution in [0.2, 0.25) is 0 Å². The fraction of sp³-hybridized carbons (Fsp3) is 0.615. The van der Waals surface area contributed by atoms with E-state index < -0.39 is 5.97 Å². The van der Waals surface area contributed by atoms with Crippen LogP contribution in [0.15, 0.2) is 35.9 Å². The molecule has 6 atom stereocenters. The van der Waals surface area contributed by atoms with Gasteiger partial charge in [-0.3, -0.25) is 14.5 Å². The van der Waals surface area contributed by atoms with Gasteiger partial charge in [-0.15, -0.1) is 0 Å². The van der Waals surface area contributed by atoms with Crippen LogP contribution in [0.5, 0.6) is 0 Å². The van der Waals surface area contributed by atoms with Gasteiger partial charge in [-0.25, -0.2) is 0 Å². The Hall–Kier alpha value is -2.18. The van der Waals surface area contributed by atoms with Crippen molar-refractivity contribution in [3.05, 3.63) is 41.5 Å². The molecule has 1 amide bonds. The second-order valence-corrected chi connectivity index (χ2v) is 10.3. The Balaban J connectivity index is 0.000000247. The summed E-state index contributed by atoms with van der Waals surface area (Å²) in [4.78, 5) is 27.8. The molecular formula is C26H32N2O4. The highest BCUT2D eigenvalue weighted by molar-refractivity contribution is 5.99. The largest absolute Gasteiger partial charge is 0.481 e. The van der Waals surface area contributed by atoms with E-state index in [1.807, 2.05) is 6.92 Å². The highest BCUT2D eigenvalue weighted by atomic mass is 16.5. The highest BCUT2D eigenvalue weighted by Gasteiger charge is 2.70. The molecule has 0 radical (unpaired) electrons. The smallest absolute Gasteiger partial charge is 0.303 e. The molecule has 0 aromatic heterocycles. The first-order valence-corrected chi connectivity index (χ1v) is 12.2. The van der Waals surface area contributed by atoms with Gasteiger partial charge in [0.1, 0.15) is 0 Å². The second-order valence-electron chi connectivity index (χ2n) is 10.3. The third kappa shape index (κ3) is 2.65. The maximum Gasteiger partial charge on any atom is 0.303 e. The second kappa shape index (κ2) is 7.42. The third-order valence-electron chi connectivity index (χ3n) is 8.96. The minimum Gasteiger partial charge on any atom is -0.481 e. The quantitative estimate of drug-likeness (QED) is 0.736. The van der Waals surface area contributed by atoms with Crippen molar-refractivity contribution in [3.63, 3.8) is 0 Å². The molecule has 1 N–H and O–H groups in total. The molecule has 1 spiro atoms. The zero-order chi connectivity index (χ0) is 22.0. The van der Waals surface area contributed by atoms with Gasteiger partial charge in [0.15, 0.2) is 0 Å². The number of hydrogen-bond acceptors (Lipinski definition) is 4. The Morgan fingerprint density at radius 3 is 2.94 bits per heavy atom. The number of hydrogen-bond donors (Lipinski definition) is 1. The number of rotatable bonds is 3. The minimum absolute atomic E-state index is 0.104. The van der Waals surface area contributed by atoms with Gasteiger partial charge in [0.05, 0.1) is 25.2 Å². The number of anilines is 1. The molecule has 6 nitrogen and oxygen atoms in total. The van der Waals surface area contributed by atoms with Crippen molar-refractivity contribution in [1.29, 1.82) is 0 Å². The number of fused-ring (bicyclic) bond motifs is 2. The van der Waals surface area contributed by atoms with E-state index in [0.717, 1.165) is 19.4 Å². The van der Waals surface area contributed by atoms with Gasteiger partial charge in [0.25, 0.3) is 0 Å². The lowest BCUT2D eigenvalue weighted by atomic mass is 9.53. The SMILES string of the molecule is CCCCC(=O)O.O=C1C[C@@H]2OCC=C3CN4CCC56c7ccccc7N1[C@@H]5[C@H]2[C@H]3C[C@H]46. The van der Waals surface area contributed by atoms with E-state index in [0.29, 0.717) is 43.4 Å². The molecule has 1 unspecified atom stereocenters. The average Bonchev–Trinajstić information content (AvgIpc) is 3.26. The summed E-state index contributed by atoms with van der Waals surface area (Å²) in [6.07, 6.45) is 7.51. The maximum absolute atomic E-state index is 13.2. The van der Waals surface area contributed by atoms with Crippen LogP contribution < -0.4 is 4.90 Å². The molecule has 32 heavy (non-hydrogen) atoms. The Bertz CT molecular complexity index is 990. The molecule has 6 heteroatoms. The number of nitrogens with zero attached hydrogens (tertiary/aromatic N) is 2. The summed E-state index contributed by atoms with van der Waals surface area (Å²) >= 11 is 0. The molecule has 7 rings (SSSR count). The summed E-state index contributed by atoms with van der Waals surface area (Å²) in [6.45, 7) is 4.95. The molecule has 5 heterocycles. The monoisotopic (exact) mass is 436 g/mol. The number of carbonyl (C=O) groups is 2. The van der Waals surface area contributed by atoms with E-state index in [1.165, 1.54) is 30.6 Å². The molecule has 1 aromatic carbocycles. The van der Waals surface area contributed by atoms with Crippen LogP contribution in [0.3, 0.4) is 0 Å². The summed E-state index contributed by atoms with van der Waals surface area (Å²) in [5, 5.41) is 8.04. The molecule has 1 saturated carbocycles. The number of carbonyl (C=O) groups excluding carboxylic acids is 1. The number of aliphatic carboxylic acids is 1. The number of unbranched alkanes of at least 4 members (excludes halogenated alkanes) is 1. The van der Waals surface area contributed by atoms with Gasteiger partial charge < -0.3 is 14.7 Å². The van der Waals surface area contributed by atoms with E-state index in [2.05, 4.69) is 40.1 Å². The molecule has 1 aliphatic carbocycles. The van der Waals surface area contributed by atoms with Crippen LogP contribution >= 0.6 is 0 Å². The lowest BCUT2D eigenvalue weighted by molar-refractivity contribution is -0.137. The number of piperidine rings is 2. The van der Waals surface area contributed by atoms with Gasteiger partial charge >= 0.3 is 5.97 Å². The van der Waals surface area contributed by atoms with Crippen molar-refractivity contribution in [2.75, 3.05) is 24.6 Å². The molecule has 3 saturated heterocycles. The average molecular weight is 437 g/mol. The van der Waals surface area contributed by atoms with Crippen LogP contribution in [-0.4, -0.2) is 59.8 Å². The Labute approximate surface area is 189 Å². The summed E-state index contributed by atoms with van der Waals surface area (Å²) in [5.41, 5.74) is 4.35. The summed E-state index contributed by atoms with van der Waals surface area (Å²) in [6, 6.07) is 9.64. The van der Waals surface area contributed by atoms with Crippen molar-refractivity contribution in [1.82, 2.24) is 4.90 Å². The fourth-order valence-corrected chi connectivity index (χ4v) is 7.84. The van der Waals surface area contributed by atoms with E-state index in [1.54, 1.807) is 5.57 Å². The van der Waals surface area contributed by atoms with Gasteiger partial charge in [-0.1, -0.05) is 43.2 Å². The molecule has 1 aromatic rings. The Morgan fingerprint density at radius 2 is 2.16 bits per heavy atom. The number of carboxylic acids is 1. The van der Waals surface area contributed by atoms with Crippen molar-refractivity contribution < 1.29 is 19.4 Å². The lowest BCUT2D eigenvalue weighted by Gasteiger charge is -2.58. The molecule has 6 aliphatic rings. The number of ether oxygens (including phenoxy) is 1. The van der Waals surface area contributed by atoms with Crippen molar-refractivity contribution in [2.24, 2.45) is 11.8 Å². The highest BCUT2D eigenvalue weighted by Crippen LogP contribution is 2.65. The topological polar surface area (TPSA) is 70.1 Å². The predicted molar refractivity (Wildman–Crippen MR) is 121 cm³/mol. The van der Waals surface area contributed by atoms with Crippen molar-refractivity contribution in [3.8, 4) is 0 Å². The van der Waals surface area contributed by atoms with E-state index in [9.17, 15) is 9.59 Å². The number of carboxylic acid groups (broad SMARTS) is 1. The minimum atomic E-state index is -0.693. The summed E-state index contributed by atoms with van der Waals surface area (Å²) < 4.78 is 6.25. The van der Waals surface area contributed by atoms with Crippen LogP contribution in [0.25, 0.3) is 0 Å². The summed E-state index contributed by atoms with van der Waals surface area (Å²) in [5.74, 6) is 0.657. The zero-order valence-corrected chi connectivity index (χ0v) is 18.7. The third-order valence-corrected chi connectivity index (χ3v) is 8.96. The number of amides is 1. The predicted octanol–water partition coefficient (Wildman–Crippen LogP) is 3.35. The first-order chi connectivity index (χ1) is 15.6. The Kier molecular flexibility index (Phi) is 4.74. The van der Waals surface area contributed by atoms with Crippen molar-refractivity contribution >= 4 is 17.6 Å². The number of benzene rings is 1. The summed E-state index contributed by atoms with van der Waals surface area (Å²) in [7, 11) is 0. The lowest BCUT2D eigenvalue weighted by Crippen LogP contribution is -2.69. The molecule has 5 aliphatic heterocycles. The van der Waals surface area contributed by atoms with Gasteiger partial charge in [-0.2, -0.15) is 0 Å². The van der Waals surface area contributed by atoms with Crippen LogP contribution in [-0.2, 0) is 19.7 Å². The van der Waals surface area contributed by atoms with Crippen LogP contribution in [0, 0.1) is 11.8 Å². The van der Waals surface area contributed by atoms with E-state index >= 15 is 0 Å². The van der Waals surface area contributed by atoms with Gasteiger partial charge in [0, 0.05) is 36.0 Å². The first kappa shape index (κ1) is 20.4. The molecule has 2 bridgehead atoms. The fourth-order valence-electron chi connectivity index (χ4n) is 7.84. The number of para-hydroxylation sites is 1. The maximum atomic E-state index is 13.2. The van der Waals surface area contributed by atoms with Crippen LogP contribution in [0.4, 0.5) is 5.69 Å². The zero-order valence-electron chi connectivity index (χ0n) is 18.7. The van der Waals surface area contributed by atoms with Crippen molar-refractivity contribution in [2.45, 2.75) is 69.1 Å². The normalized spacial score (nSPS) is 37.8. The van der Waals surface area contributed by atoms with Crippen LogP contribution in [0.1, 0.15) is 51.0 Å². The van der Waals surface area contributed by atoms with Gasteiger partial charge in [0.2, 0.25) is 5.91 Å². The first-order valence-electron chi connectivity index (χ1n) is 12.2. The molecular weight excluding hydrogens is 404 g/mol. The standard InChI is InChI=1S/C21H22N2O2.C5H10O2/c24-18-10-16-19-13-9-17-21(6-7-22(17)11-12(13)5-8-25-16)14-3-1-2-4-15(14)23(18)20(19)21;1-2-3-4-5(6)7/h1-5,13,16-17,19-20H,6-11H2;2-4H2,1H3,(H,6,7)/t13-,16-,17-,19-,20+,21?;/m0./s1. The van der Waals surface area contributed by atoms with E-state index in [-0.39, 0.29) is 17.4 Å². The molecule has 170 valence electrons. The van der Waals surface area contributed by atoms with Gasteiger partial charge in [-0.05, 0) is 43.4 Å². The van der Waals surface area contributed by atoms with E-state index in [4.69, 9.17) is 9.84 Å². The molecule has 4 fully saturated rings. The Morgan fingerprint density at radius 1 is 1.31 bits per heavy atom.